The van der Waals surface area contributed by atoms with E-state index in [0.717, 1.165) is 41.4 Å². The van der Waals surface area contributed by atoms with Crippen LogP contribution in [0.3, 0.4) is 0 Å². The summed E-state index contributed by atoms with van der Waals surface area (Å²) in [6, 6.07) is 12.3. The van der Waals surface area contributed by atoms with Gasteiger partial charge >= 0.3 is 0 Å². The first-order valence-corrected chi connectivity index (χ1v) is 12.6. The second-order valence-electron chi connectivity index (χ2n) is 8.46. The van der Waals surface area contributed by atoms with Crippen LogP contribution in [-0.4, -0.2) is 51.9 Å². The minimum Gasteiger partial charge on any atom is -0.457 e. The number of hydrogen-bond acceptors (Lipinski definition) is 8. The van der Waals surface area contributed by atoms with Crippen LogP contribution in [0, 0.1) is 18.3 Å². The summed E-state index contributed by atoms with van der Waals surface area (Å²) >= 11 is 2.00. The van der Waals surface area contributed by atoms with Crippen molar-refractivity contribution in [2.24, 2.45) is 0 Å². The molecule has 34 heavy (non-hydrogen) atoms. The molecule has 8 nitrogen and oxygen atoms in total. The SMILES string of the molecule is Cc1cnc(Nc2ccc(N3CCSCC3)cc2)nc1-c1cc2c(o1)CN(C(=O)CC#N)CC2. The summed E-state index contributed by atoms with van der Waals surface area (Å²) in [6.45, 7) is 5.09. The Morgan fingerprint density at radius 1 is 1.24 bits per heavy atom. The average molecular weight is 475 g/mol. The molecule has 0 spiro atoms. The molecule has 1 aromatic carbocycles. The number of nitrogens with zero attached hydrogens (tertiary/aromatic N) is 5. The summed E-state index contributed by atoms with van der Waals surface area (Å²) in [6.07, 6.45) is 2.38. The molecule has 9 heteroatoms. The van der Waals surface area contributed by atoms with Gasteiger partial charge < -0.3 is 19.5 Å². The number of carbonyl (C=O) groups excluding carboxylic acids is 1. The lowest BCUT2D eigenvalue weighted by atomic mass is 10.1. The maximum atomic E-state index is 12.1. The van der Waals surface area contributed by atoms with Crippen molar-refractivity contribution in [3.05, 3.63) is 53.4 Å². The fourth-order valence-corrected chi connectivity index (χ4v) is 5.19. The highest BCUT2D eigenvalue weighted by atomic mass is 32.2. The van der Waals surface area contributed by atoms with E-state index in [2.05, 4.69) is 39.5 Å². The average Bonchev–Trinajstić information content (AvgIpc) is 3.29. The number of anilines is 3. The summed E-state index contributed by atoms with van der Waals surface area (Å²) < 4.78 is 6.12. The molecule has 0 aliphatic carbocycles. The lowest BCUT2D eigenvalue weighted by molar-refractivity contribution is -0.131. The molecule has 1 amide bonds. The number of thioether (sulfide) groups is 1. The molecular weight excluding hydrogens is 448 g/mol. The van der Waals surface area contributed by atoms with E-state index in [1.54, 1.807) is 11.1 Å². The van der Waals surface area contributed by atoms with Crippen LogP contribution in [0.25, 0.3) is 11.5 Å². The van der Waals surface area contributed by atoms with Crippen LogP contribution in [0.2, 0.25) is 0 Å². The van der Waals surface area contributed by atoms with Crippen molar-refractivity contribution in [2.75, 3.05) is 41.4 Å². The number of rotatable bonds is 5. The van der Waals surface area contributed by atoms with Gasteiger partial charge in [0.25, 0.3) is 0 Å². The first-order chi connectivity index (χ1) is 16.6. The smallest absolute Gasteiger partial charge is 0.237 e. The molecule has 0 radical (unpaired) electrons. The Morgan fingerprint density at radius 3 is 2.79 bits per heavy atom. The number of carbonyl (C=O) groups is 1. The van der Waals surface area contributed by atoms with Gasteiger partial charge in [0.1, 0.15) is 17.9 Å². The molecule has 2 aliphatic rings. The Bertz CT molecular complexity index is 1230. The van der Waals surface area contributed by atoms with E-state index >= 15 is 0 Å². The van der Waals surface area contributed by atoms with Gasteiger partial charge in [0.15, 0.2) is 5.76 Å². The Hall–Kier alpha value is -3.51. The number of nitrogens with one attached hydrogen (secondary N) is 1. The van der Waals surface area contributed by atoms with Gasteiger partial charge in [-0.25, -0.2) is 9.97 Å². The summed E-state index contributed by atoms with van der Waals surface area (Å²) in [7, 11) is 0. The second-order valence-corrected chi connectivity index (χ2v) is 9.68. The minimum atomic E-state index is -0.166. The maximum Gasteiger partial charge on any atom is 0.237 e. The monoisotopic (exact) mass is 474 g/mol. The van der Waals surface area contributed by atoms with Gasteiger partial charge in [-0.1, -0.05) is 0 Å². The molecule has 5 rings (SSSR count). The quantitative estimate of drug-likeness (QED) is 0.589. The molecule has 1 N–H and O–H groups in total. The van der Waals surface area contributed by atoms with Gasteiger partial charge in [0, 0.05) is 48.7 Å². The molecule has 2 aromatic heterocycles. The summed E-state index contributed by atoms with van der Waals surface area (Å²) in [5.41, 5.74) is 4.88. The van der Waals surface area contributed by atoms with Gasteiger partial charge in [-0.15, -0.1) is 0 Å². The fraction of sp³-hybridized carbons (Fsp3) is 0.360. The van der Waals surface area contributed by atoms with Crippen LogP contribution in [0.15, 0.2) is 40.9 Å². The minimum absolute atomic E-state index is 0.110. The zero-order valence-corrected chi connectivity index (χ0v) is 19.9. The van der Waals surface area contributed by atoms with E-state index < -0.39 is 0 Å². The predicted octanol–water partition coefficient (Wildman–Crippen LogP) is 4.14. The lowest BCUT2D eigenvalue weighted by Crippen LogP contribution is -2.35. The van der Waals surface area contributed by atoms with Gasteiger partial charge in [-0.3, -0.25) is 4.79 Å². The standard InChI is InChI=1S/C25H26N6O2S/c1-17-15-27-25(28-19-2-4-20(5-3-19)30-10-12-34-13-11-30)29-24(17)21-14-18-7-9-31(16-22(18)33-21)23(32)6-8-26/h2-5,14-15H,6-7,9-13,16H2,1H3,(H,27,28,29). The molecule has 0 saturated carbocycles. The molecule has 0 unspecified atom stereocenters. The zero-order chi connectivity index (χ0) is 23.5. The van der Waals surface area contributed by atoms with Gasteiger partial charge in [0.05, 0.1) is 12.6 Å². The van der Waals surface area contributed by atoms with Crippen molar-refractivity contribution in [1.29, 1.82) is 5.26 Å². The Kier molecular flexibility index (Phi) is 6.41. The van der Waals surface area contributed by atoms with E-state index in [1.165, 1.54) is 17.2 Å². The van der Waals surface area contributed by atoms with Gasteiger partial charge in [-0.2, -0.15) is 17.0 Å². The lowest BCUT2D eigenvalue weighted by Gasteiger charge is -2.28. The summed E-state index contributed by atoms with van der Waals surface area (Å²) in [4.78, 5) is 25.4. The first kappa shape index (κ1) is 22.3. The van der Waals surface area contributed by atoms with Crippen LogP contribution < -0.4 is 10.2 Å². The Labute approximate surface area is 203 Å². The van der Waals surface area contributed by atoms with Crippen molar-refractivity contribution in [3.63, 3.8) is 0 Å². The van der Waals surface area contributed by atoms with E-state index in [4.69, 9.17) is 14.7 Å². The third-order valence-electron chi connectivity index (χ3n) is 6.17. The Morgan fingerprint density at radius 2 is 2.03 bits per heavy atom. The van der Waals surface area contributed by atoms with Gasteiger partial charge in [-0.05, 0) is 54.8 Å². The number of aryl methyl sites for hydroxylation is 1. The largest absolute Gasteiger partial charge is 0.457 e. The predicted molar refractivity (Wildman–Crippen MR) is 133 cm³/mol. The highest BCUT2D eigenvalue weighted by Gasteiger charge is 2.25. The van der Waals surface area contributed by atoms with Crippen molar-refractivity contribution < 1.29 is 9.21 Å². The van der Waals surface area contributed by atoms with Crippen molar-refractivity contribution >= 4 is 35.0 Å². The third kappa shape index (κ3) is 4.73. The van der Waals surface area contributed by atoms with E-state index in [9.17, 15) is 4.79 Å². The van der Waals surface area contributed by atoms with Crippen molar-refractivity contribution in [1.82, 2.24) is 14.9 Å². The molecular formula is C25H26N6O2S. The Balaban J connectivity index is 1.32. The van der Waals surface area contributed by atoms with Crippen molar-refractivity contribution in [2.45, 2.75) is 26.3 Å². The second kappa shape index (κ2) is 9.77. The number of fused-ring (bicyclic) bond motifs is 1. The number of benzene rings is 1. The van der Waals surface area contributed by atoms with Crippen LogP contribution in [0.4, 0.5) is 17.3 Å². The molecule has 1 saturated heterocycles. The molecule has 174 valence electrons. The number of furan rings is 1. The molecule has 0 bridgehead atoms. The molecule has 3 aromatic rings. The number of aromatic nitrogens is 2. The molecule has 2 aliphatic heterocycles. The number of hydrogen-bond donors (Lipinski definition) is 1. The van der Waals surface area contributed by atoms with E-state index in [0.29, 0.717) is 31.2 Å². The normalized spacial score (nSPS) is 15.5. The van der Waals surface area contributed by atoms with E-state index in [-0.39, 0.29) is 12.3 Å². The summed E-state index contributed by atoms with van der Waals surface area (Å²) in [5, 5.41) is 12.1. The fourth-order valence-electron chi connectivity index (χ4n) is 4.29. The highest BCUT2D eigenvalue weighted by molar-refractivity contribution is 7.99. The first-order valence-electron chi connectivity index (χ1n) is 11.4. The maximum absolute atomic E-state index is 12.1. The van der Waals surface area contributed by atoms with E-state index in [1.807, 2.05) is 30.8 Å². The number of nitriles is 1. The summed E-state index contributed by atoms with van der Waals surface area (Å²) in [5.74, 6) is 4.10. The topological polar surface area (TPSA) is 98.3 Å². The van der Waals surface area contributed by atoms with Crippen LogP contribution in [0.5, 0.6) is 0 Å². The van der Waals surface area contributed by atoms with Crippen molar-refractivity contribution in [3.8, 4) is 17.5 Å². The van der Waals surface area contributed by atoms with Crippen LogP contribution in [-0.2, 0) is 17.8 Å². The highest BCUT2D eigenvalue weighted by Crippen LogP contribution is 2.31. The van der Waals surface area contributed by atoms with Gasteiger partial charge in [0.2, 0.25) is 11.9 Å². The van der Waals surface area contributed by atoms with Crippen LogP contribution in [0.1, 0.15) is 23.3 Å². The molecule has 4 heterocycles. The zero-order valence-electron chi connectivity index (χ0n) is 19.1. The molecule has 1 fully saturated rings. The number of amides is 1. The molecule has 0 atom stereocenters. The third-order valence-corrected chi connectivity index (χ3v) is 7.11. The van der Waals surface area contributed by atoms with Crippen LogP contribution >= 0.6 is 11.8 Å².